The molecule has 1 aromatic heterocycles. The second-order valence-electron chi connectivity index (χ2n) is 6.67. The van der Waals surface area contributed by atoms with Crippen LogP contribution in [0.25, 0.3) is 0 Å². The molecule has 1 aliphatic carbocycles. The standard InChI is InChI=1S/C15H27N5/c1-11-4-6-13(7-5-11)14-17-15(19-18-14)20-8-2-3-12(9-16)10-20/h11-13H,2-10,16H2,1H3,(H,17,18,19). The molecule has 3 rings (SSSR count). The third-order valence-corrected chi connectivity index (χ3v) is 5.03. The highest BCUT2D eigenvalue weighted by Gasteiger charge is 2.25. The summed E-state index contributed by atoms with van der Waals surface area (Å²) in [6.07, 6.45) is 7.58. The van der Waals surface area contributed by atoms with Crippen LogP contribution in [0.5, 0.6) is 0 Å². The topological polar surface area (TPSA) is 70.8 Å². The van der Waals surface area contributed by atoms with Crippen molar-refractivity contribution in [1.82, 2.24) is 15.2 Å². The Labute approximate surface area is 121 Å². The van der Waals surface area contributed by atoms with Crippen molar-refractivity contribution in [1.29, 1.82) is 0 Å². The number of aromatic amines is 1. The second-order valence-corrected chi connectivity index (χ2v) is 6.67. The SMILES string of the molecule is CC1CCC(c2nc(N3CCCC(CN)C3)n[nH]2)CC1. The molecular weight excluding hydrogens is 250 g/mol. The van der Waals surface area contributed by atoms with Gasteiger partial charge >= 0.3 is 0 Å². The first kappa shape index (κ1) is 13.9. The van der Waals surface area contributed by atoms with Gasteiger partial charge in [-0.25, -0.2) is 0 Å². The highest BCUT2D eigenvalue weighted by molar-refractivity contribution is 5.30. The molecule has 112 valence electrons. The molecule has 2 heterocycles. The summed E-state index contributed by atoms with van der Waals surface area (Å²) >= 11 is 0. The van der Waals surface area contributed by atoms with Crippen LogP contribution in [-0.4, -0.2) is 34.8 Å². The third-order valence-electron chi connectivity index (χ3n) is 5.03. The van der Waals surface area contributed by atoms with E-state index in [0.29, 0.717) is 11.8 Å². The monoisotopic (exact) mass is 277 g/mol. The van der Waals surface area contributed by atoms with E-state index in [9.17, 15) is 0 Å². The molecule has 2 fully saturated rings. The first-order chi connectivity index (χ1) is 9.76. The maximum absolute atomic E-state index is 5.80. The molecule has 1 saturated heterocycles. The van der Waals surface area contributed by atoms with Gasteiger partial charge in [0.1, 0.15) is 5.82 Å². The molecule has 5 heteroatoms. The van der Waals surface area contributed by atoms with Crippen molar-refractivity contribution in [2.45, 2.75) is 51.4 Å². The average Bonchev–Trinajstić information content (AvgIpc) is 2.98. The number of piperidine rings is 1. The second kappa shape index (κ2) is 6.12. The van der Waals surface area contributed by atoms with Crippen LogP contribution in [0, 0.1) is 11.8 Å². The molecule has 20 heavy (non-hydrogen) atoms. The number of nitrogens with two attached hydrogens (primary N) is 1. The van der Waals surface area contributed by atoms with Gasteiger partial charge in [-0.2, -0.15) is 4.98 Å². The van der Waals surface area contributed by atoms with Crippen LogP contribution in [-0.2, 0) is 0 Å². The lowest BCUT2D eigenvalue weighted by Crippen LogP contribution is -2.39. The summed E-state index contributed by atoms with van der Waals surface area (Å²) in [7, 11) is 0. The highest BCUT2D eigenvalue weighted by atomic mass is 15.4. The first-order valence-electron chi connectivity index (χ1n) is 8.13. The summed E-state index contributed by atoms with van der Waals surface area (Å²) in [4.78, 5) is 7.07. The Kier molecular flexibility index (Phi) is 4.24. The van der Waals surface area contributed by atoms with E-state index < -0.39 is 0 Å². The van der Waals surface area contributed by atoms with Gasteiger partial charge in [0.15, 0.2) is 0 Å². The minimum absolute atomic E-state index is 0.586. The van der Waals surface area contributed by atoms with E-state index >= 15 is 0 Å². The van der Waals surface area contributed by atoms with Crippen molar-refractivity contribution in [2.24, 2.45) is 17.6 Å². The van der Waals surface area contributed by atoms with E-state index in [1.54, 1.807) is 0 Å². The minimum Gasteiger partial charge on any atom is -0.339 e. The smallest absolute Gasteiger partial charge is 0.244 e. The number of H-pyrrole nitrogens is 1. The first-order valence-corrected chi connectivity index (χ1v) is 8.13. The van der Waals surface area contributed by atoms with Gasteiger partial charge in [-0.15, -0.1) is 5.10 Å². The van der Waals surface area contributed by atoms with Crippen LogP contribution in [0.1, 0.15) is 57.2 Å². The predicted octanol–water partition coefficient (Wildman–Crippen LogP) is 2.27. The fourth-order valence-corrected chi connectivity index (χ4v) is 3.56. The van der Waals surface area contributed by atoms with Gasteiger partial charge < -0.3 is 10.6 Å². The zero-order valence-electron chi connectivity index (χ0n) is 12.5. The molecule has 1 atom stereocenters. The summed E-state index contributed by atoms with van der Waals surface area (Å²) in [5.41, 5.74) is 5.80. The van der Waals surface area contributed by atoms with E-state index in [0.717, 1.165) is 37.3 Å². The third kappa shape index (κ3) is 2.97. The Bertz CT molecular complexity index is 422. The van der Waals surface area contributed by atoms with E-state index in [1.807, 2.05) is 0 Å². The largest absolute Gasteiger partial charge is 0.339 e. The Morgan fingerprint density at radius 3 is 2.80 bits per heavy atom. The Morgan fingerprint density at radius 2 is 2.05 bits per heavy atom. The summed E-state index contributed by atoms with van der Waals surface area (Å²) < 4.78 is 0. The number of aromatic nitrogens is 3. The Morgan fingerprint density at radius 1 is 1.25 bits per heavy atom. The molecule has 1 aliphatic heterocycles. The average molecular weight is 277 g/mol. The van der Waals surface area contributed by atoms with Crippen molar-refractivity contribution < 1.29 is 0 Å². The van der Waals surface area contributed by atoms with Crippen LogP contribution in [0.4, 0.5) is 5.95 Å². The van der Waals surface area contributed by atoms with E-state index in [1.165, 1.54) is 38.5 Å². The van der Waals surface area contributed by atoms with Gasteiger partial charge in [-0.1, -0.05) is 19.8 Å². The highest BCUT2D eigenvalue weighted by Crippen LogP contribution is 2.34. The van der Waals surface area contributed by atoms with Crippen molar-refractivity contribution in [3.63, 3.8) is 0 Å². The molecular formula is C15H27N5. The van der Waals surface area contributed by atoms with Crippen LogP contribution >= 0.6 is 0 Å². The molecule has 0 amide bonds. The normalized spacial score (nSPS) is 31.5. The van der Waals surface area contributed by atoms with Crippen LogP contribution in [0.3, 0.4) is 0 Å². The Balaban J connectivity index is 1.64. The molecule has 2 aliphatic rings. The van der Waals surface area contributed by atoms with Crippen molar-refractivity contribution in [3.8, 4) is 0 Å². The van der Waals surface area contributed by atoms with Gasteiger partial charge in [-0.3, -0.25) is 5.10 Å². The summed E-state index contributed by atoms with van der Waals surface area (Å²) in [6.45, 7) is 5.20. The number of nitrogens with zero attached hydrogens (tertiary/aromatic N) is 3. The molecule has 0 radical (unpaired) electrons. The molecule has 1 saturated carbocycles. The summed E-state index contributed by atoms with van der Waals surface area (Å²) in [5, 5.41) is 7.64. The van der Waals surface area contributed by atoms with Gasteiger partial charge in [0.05, 0.1) is 0 Å². The molecule has 3 N–H and O–H groups in total. The van der Waals surface area contributed by atoms with Crippen LogP contribution in [0.15, 0.2) is 0 Å². The van der Waals surface area contributed by atoms with Gasteiger partial charge in [-0.05, 0) is 44.1 Å². The number of rotatable bonds is 3. The van der Waals surface area contributed by atoms with Crippen molar-refractivity contribution >= 4 is 5.95 Å². The van der Waals surface area contributed by atoms with Gasteiger partial charge in [0.25, 0.3) is 0 Å². The molecule has 0 spiro atoms. The van der Waals surface area contributed by atoms with Crippen LogP contribution in [0.2, 0.25) is 0 Å². The fourth-order valence-electron chi connectivity index (χ4n) is 3.56. The number of hydrogen-bond donors (Lipinski definition) is 2. The quantitative estimate of drug-likeness (QED) is 0.889. The predicted molar refractivity (Wildman–Crippen MR) is 80.7 cm³/mol. The summed E-state index contributed by atoms with van der Waals surface area (Å²) in [6, 6.07) is 0. The fraction of sp³-hybridized carbons (Fsp3) is 0.867. The zero-order valence-corrected chi connectivity index (χ0v) is 12.5. The molecule has 1 unspecified atom stereocenters. The molecule has 0 bridgehead atoms. The lowest BCUT2D eigenvalue weighted by atomic mass is 9.83. The van der Waals surface area contributed by atoms with E-state index in [4.69, 9.17) is 10.7 Å². The maximum Gasteiger partial charge on any atom is 0.244 e. The lowest BCUT2D eigenvalue weighted by Gasteiger charge is -2.31. The molecule has 1 aromatic rings. The van der Waals surface area contributed by atoms with Gasteiger partial charge in [0.2, 0.25) is 5.95 Å². The van der Waals surface area contributed by atoms with E-state index in [-0.39, 0.29) is 0 Å². The van der Waals surface area contributed by atoms with E-state index in [2.05, 4.69) is 22.0 Å². The maximum atomic E-state index is 5.80. The Hall–Kier alpha value is -1.10. The number of anilines is 1. The van der Waals surface area contributed by atoms with Gasteiger partial charge in [0, 0.05) is 19.0 Å². The summed E-state index contributed by atoms with van der Waals surface area (Å²) in [5.74, 6) is 4.04. The van der Waals surface area contributed by atoms with Crippen molar-refractivity contribution in [2.75, 3.05) is 24.5 Å². The minimum atomic E-state index is 0.586. The van der Waals surface area contributed by atoms with Crippen molar-refractivity contribution in [3.05, 3.63) is 5.82 Å². The number of nitrogens with one attached hydrogen (secondary N) is 1. The molecule has 5 nitrogen and oxygen atoms in total. The molecule has 0 aromatic carbocycles. The zero-order chi connectivity index (χ0) is 13.9. The number of hydrogen-bond acceptors (Lipinski definition) is 4. The van der Waals surface area contributed by atoms with Crippen LogP contribution < -0.4 is 10.6 Å². The lowest BCUT2D eigenvalue weighted by molar-refractivity contribution is 0.340.